The predicted octanol–water partition coefficient (Wildman–Crippen LogP) is 3.22. The van der Waals surface area contributed by atoms with Gasteiger partial charge in [-0.25, -0.2) is 8.78 Å². The number of benzene rings is 2. The summed E-state index contributed by atoms with van der Waals surface area (Å²) in [5, 5.41) is 0.276. The predicted molar refractivity (Wildman–Crippen MR) is 89.6 cm³/mol. The molecule has 7 heteroatoms. The van der Waals surface area contributed by atoms with Crippen LogP contribution in [0.5, 0.6) is 0 Å². The van der Waals surface area contributed by atoms with E-state index in [9.17, 15) is 18.4 Å². The first-order valence-corrected chi connectivity index (χ1v) is 8.13. The van der Waals surface area contributed by atoms with Crippen LogP contribution >= 0.6 is 11.6 Å². The van der Waals surface area contributed by atoms with Crippen LogP contribution in [0.1, 0.15) is 20.7 Å². The van der Waals surface area contributed by atoms with Crippen LogP contribution in [-0.2, 0) is 0 Å². The number of carbonyl (C=O) groups excluding carboxylic acids is 2. The molecule has 1 aliphatic heterocycles. The van der Waals surface area contributed by atoms with Crippen LogP contribution in [-0.4, -0.2) is 47.8 Å². The van der Waals surface area contributed by atoms with Gasteiger partial charge in [0, 0.05) is 31.2 Å². The number of carbonyl (C=O) groups is 2. The van der Waals surface area contributed by atoms with Crippen LogP contribution in [0, 0.1) is 11.6 Å². The molecule has 2 aromatic rings. The van der Waals surface area contributed by atoms with Gasteiger partial charge in [0.2, 0.25) is 0 Å². The average Bonchev–Trinajstić information content (AvgIpc) is 2.63. The van der Waals surface area contributed by atoms with E-state index in [2.05, 4.69) is 0 Å². The molecule has 1 fully saturated rings. The van der Waals surface area contributed by atoms with Crippen molar-refractivity contribution in [3.8, 4) is 0 Å². The highest BCUT2D eigenvalue weighted by Crippen LogP contribution is 2.18. The topological polar surface area (TPSA) is 40.6 Å². The molecular weight excluding hydrogens is 350 g/mol. The summed E-state index contributed by atoms with van der Waals surface area (Å²) in [5.74, 6) is -2.11. The van der Waals surface area contributed by atoms with Crippen molar-refractivity contribution in [2.75, 3.05) is 26.2 Å². The minimum atomic E-state index is -0.640. The van der Waals surface area contributed by atoms with Crippen molar-refractivity contribution in [1.82, 2.24) is 9.80 Å². The lowest BCUT2D eigenvalue weighted by molar-refractivity contribution is 0.0530. The van der Waals surface area contributed by atoms with Crippen molar-refractivity contribution in [3.05, 3.63) is 70.2 Å². The SMILES string of the molecule is O=C(c1ccccc1F)N1CCN(C(=O)c2cc(Cl)ccc2F)CC1. The average molecular weight is 365 g/mol. The second kappa shape index (κ2) is 7.19. The Morgan fingerprint density at radius 1 is 0.800 bits per heavy atom. The summed E-state index contributed by atoms with van der Waals surface area (Å²) in [5.41, 5.74) is -0.0930. The molecule has 1 aliphatic rings. The zero-order valence-electron chi connectivity index (χ0n) is 13.2. The lowest BCUT2D eigenvalue weighted by Gasteiger charge is -2.35. The molecule has 4 nitrogen and oxygen atoms in total. The van der Waals surface area contributed by atoms with Gasteiger partial charge in [-0.3, -0.25) is 9.59 Å². The van der Waals surface area contributed by atoms with Gasteiger partial charge in [0.1, 0.15) is 11.6 Å². The summed E-state index contributed by atoms with van der Waals surface area (Å²) in [7, 11) is 0. The molecule has 25 heavy (non-hydrogen) atoms. The smallest absolute Gasteiger partial charge is 0.257 e. The van der Waals surface area contributed by atoms with Crippen molar-refractivity contribution in [1.29, 1.82) is 0 Å². The molecule has 0 atom stereocenters. The molecule has 0 radical (unpaired) electrons. The third-order valence-corrected chi connectivity index (χ3v) is 4.35. The van der Waals surface area contributed by atoms with E-state index in [-0.39, 0.29) is 42.3 Å². The van der Waals surface area contributed by atoms with E-state index in [0.29, 0.717) is 0 Å². The normalized spacial score (nSPS) is 14.5. The van der Waals surface area contributed by atoms with Crippen LogP contribution in [0.3, 0.4) is 0 Å². The fraction of sp³-hybridized carbons (Fsp3) is 0.222. The van der Waals surface area contributed by atoms with Gasteiger partial charge in [-0.15, -0.1) is 0 Å². The summed E-state index contributed by atoms with van der Waals surface area (Å²) < 4.78 is 27.6. The number of rotatable bonds is 2. The molecule has 1 saturated heterocycles. The van der Waals surface area contributed by atoms with Crippen molar-refractivity contribution >= 4 is 23.4 Å². The van der Waals surface area contributed by atoms with Crippen LogP contribution in [0.2, 0.25) is 5.02 Å². The Kier molecular flexibility index (Phi) is 4.99. The molecule has 130 valence electrons. The van der Waals surface area contributed by atoms with E-state index in [4.69, 9.17) is 11.6 Å². The molecule has 0 N–H and O–H groups in total. The summed E-state index contributed by atoms with van der Waals surface area (Å²) in [6.45, 7) is 0.984. The maximum absolute atomic E-state index is 13.8. The molecule has 0 bridgehead atoms. The zero-order valence-corrected chi connectivity index (χ0v) is 14.0. The molecule has 0 aromatic heterocycles. The van der Waals surface area contributed by atoms with Crippen molar-refractivity contribution in [3.63, 3.8) is 0 Å². The molecule has 2 aromatic carbocycles. The summed E-state index contributed by atoms with van der Waals surface area (Å²) in [4.78, 5) is 27.7. The third kappa shape index (κ3) is 3.64. The fourth-order valence-corrected chi connectivity index (χ4v) is 2.92. The third-order valence-electron chi connectivity index (χ3n) is 4.12. The van der Waals surface area contributed by atoms with E-state index in [1.165, 1.54) is 40.1 Å². The molecule has 0 aliphatic carbocycles. The van der Waals surface area contributed by atoms with E-state index < -0.39 is 23.4 Å². The van der Waals surface area contributed by atoms with E-state index in [1.54, 1.807) is 6.07 Å². The zero-order chi connectivity index (χ0) is 18.0. The lowest BCUT2D eigenvalue weighted by Crippen LogP contribution is -2.50. The second-order valence-electron chi connectivity index (χ2n) is 5.69. The maximum atomic E-state index is 13.8. The first-order valence-electron chi connectivity index (χ1n) is 7.75. The van der Waals surface area contributed by atoms with Gasteiger partial charge in [0.05, 0.1) is 11.1 Å². The lowest BCUT2D eigenvalue weighted by atomic mass is 10.1. The van der Waals surface area contributed by atoms with Crippen molar-refractivity contribution in [2.45, 2.75) is 0 Å². The largest absolute Gasteiger partial charge is 0.335 e. The number of piperazine rings is 1. The van der Waals surface area contributed by atoms with Gasteiger partial charge < -0.3 is 9.80 Å². The van der Waals surface area contributed by atoms with Gasteiger partial charge in [0.15, 0.2) is 0 Å². The standard InChI is InChI=1S/C18H15ClF2N2O2/c19-12-5-6-16(21)14(11-12)18(25)23-9-7-22(8-10-23)17(24)13-3-1-2-4-15(13)20/h1-6,11H,7-10H2. The highest BCUT2D eigenvalue weighted by Gasteiger charge is 2.27. The Balaban J connectivity index is 1.68. The van der Waals surface area contributed by atoms with Gasteiger partial charge in [-0.1, -0.05) is 23.7 Å². The van der Waals surface area contributed by atoms with Crippen LogP contribution in [0.15, 0.2) is 42.5 Å². The van der Waals surface area contributed by atoms with Gasteiger partial charge in [0.25, 0.3) is 11.8 Å². The monoisotopic (exact) mass is 364 g/mol. The number of hydrogen-bond donors (Lipinski definition) is 0. The molecule has 3 rings (SSSR count). The molecule has 0 saturated carbocycles. The first kappa shape index (κ1) is 17.4. The van der Waals surface area contributed by atoms with E-state index >= 15 is 0 Å². The summed E-state index contributed by atoms with van der Waals surface area (Å²) in [6.07, 6.45) is 0. The minimum Gasteiger partial charge on any atom is -0.335 e. The fourth-order valence-electron chi connectivity index (χ4n) is 2.75. The summed E-state index contributed by atoms with van der Waals surface area (Å²) >= 11 is 5.82. The van der Waals surface area contributed by atoms with Gasteiger partial charge in [-0.05, 0) is 30.3 Å². The molecule has 0 unspecified atom stereocenters. The Bertz CT molecular complexity index is 820. The molecule has 1 heterocycles. The Morgan fingerprint density at radius 2 is 1.32 bits per heavy atom. The number of halogens is 3. The maximum Gasteiger partial charge on any atom is 0.257 e. The molecular formula is C18H15ClF2N2O2. The van der Waals surface area contributed by atoms with Gasteiger partial charge in [-0.2, -0.15) is 0 Å². The van der Waals surface area contributed by atoms with Crippen LogP contribution < -0.4 is 0 Å². The van der Waals surface area contributed by atoms with Crippen LogP contribution in [0.4, 0.5) is 8.78 Å². The highest BCUT2D eigenvalue weighted by atomic mass is 35.5. The number of hydrogen-bond acceptors (Lipinski definition) is 2. The highest BCUT2D eigenvalue weighted by molar-refractivity contribution is 6.31. The van der Waals surface area contributed by atoms with E-state index in [1.807, 2.05) is 0 Å². The molecule has 0 spiro atoms. The summed E-state index contributed by atoms with van der Waals surface area (Å²) in [6, 6.07) is 9.58. The van der Waals surface area contributed by atoms with Gasteiger partial charge >= 0.3 is 0 Å². The molecule has 2 amide bonds. The van der Waals surface area contributed by atoms with Crippen molar-refractivity contribution < 1.29 is 18.4 Å². The number of amides is 2. The quantitative estimate of drug-likeness (QED) is 0.821. The van der Waals surface area contributed by atoms with Crippen LogP contribution in [0.25, 0.3) is 0 Å². The minimum absolute atomic E-state index is 0.00293. The number of nitrogens with zero attached hydrogens (tertiary/aromatic N) is 2. The van der Waals surface area contributed by atoms with E-state index in [0.717, 1.165) is 6.07 Å². The second-order valence-corrected chi connectivity index (χ2v) is 6.12. The first-order chi connectivity index (χ1) is 12.0. The Morgan fingerprint density at radius 3 is 1.92 bits per heavy atom. The van der Waals surface area contributed by atoms with Crippen molar-refractivity contribution in [2.24, 2.45) is 0 Å². The Labute approximate surface area is 148 Å². The Hall–Kier alpha value is -2.47.